The monoisotopic (exact) mass is 250 g/mol. The Morgan fingerprint density at radius 2 is 1.76 bits per heavy atom. The Morgan fingerprint density at radius 1 is 1.24 bits per heavy atom. The minimum atomic E-state index is -0.129. The maximum absolute atomic E-state index is 12.1. The molecule has 0 radical (unpaired) electrons. The van der Waals surface area contributed by atoms with E-state index in [1.807, 2.05) is 38.1 Å². The van der Waals surface area contributed by atoms with E-state index in [-0.39, 0.29) is 23.5 Å². The first-order valence-corrected chi connectivity index (χ1v) is 6.27. The predicted octanol–water partition coefficient (Wildman–Crippen LogP) is 4.47. The number of ketones is 1. The Bertz CT molecular complexity index is 392. The third-order valence-electron chi connectivity index (χ3n) is 3.09. The zero-order valence-electron chi connectivity index (χ0n) is 10.6. The lowest BCUT2D eigenvalue weighted by molar-refractivity contribution is -0.124. The summed E-state index contributed by atoms with van der Waals surface area (Å²) in [5.74, 6) is 0.283. The van der Waals surface area contributed by atoms with Crippen LogP contribution in [-0.2, 0) is 4.79 Å². The van der Waals surface area contributed by atoms with E-state index in [0.29, 0.717) is 5.02 Å². The van der Waals surface area contributed by atoms with Crippen molar-refractivity contribution in [2.75, 3.05) is 0 Å². The van der Waals surface area contributed by atoms with Crippen LogP contribution in [0.2, 0.25) is 5.02 Å². The molecule has 0 N–H and O–H groups in total. The molecule has 0 aliphatic carbocycles. The van der Waals surface area contributed by atoms with Gasteiger partial charge in [0.15, 0.2) is 0 Å². The van der Waals surface area contributed by atoms with E-state index in [2.05, 4.69) is 13.5 Å². The van der Waals surface area contributed by atoms with E-state index in [1.54, 1.807) is 6.08 Å². The number of carbonyl (C=O) groups excluding carboxylic acids is 1. The molecule has 2 atom stereocenters. The Morgan fingerprint density at radius 3 is 2.18 bits per heavy atom. The lowest BCUT2D eigenvalue weighted by Gasteiger charge is -2.21. The molecule has 0 bridgehead atoms. The molecule has 1 aromatic rings. The maximum Gasteiger partial charge on any atom is 0.142 e. The zero-order chi connectivity index (χ0) is 13.0. The van der Waals surface area contributed by atoms with Gasteiger partial charge in [0.1, 0.15) is 5.78 Å². The van der Waals surface area contributed by atoms with Crippen LogP contribution in [0.1, 0.15) is 32.3 Å². The van der Waals surface area contributed by atoms with Gasteiger partial charge in [-0.25, -0.2) is 0 Å². The van der Waals surface area contributed by atoms with Crippen LogP contribution in [0, 0.1) is 11.8 Å². The molecule has 2 heteroatoms. The number of rotatable bonds is 5. The summed E-state index contributed by atoms with van der Waals surface area (Å²) in [5.41, 5.74) is 1.12. The average molecular weight is 251 g/mol. The van der Waals surface area contributed by atoms with Crippen molar-refractivity contribution in [1.82, 2.24) is 0 Å². The van der Waals surface area contributed by atoms with Crippen molar-refractivity contribution >= 4 is 17.4 Å². The normalized spacial score (nSPS) is 14.4. The van der Waals surface area contributed by atoms with E-state index < -0.39 is 0 Å². The Hall–Kier alpha value is -1.08. The van der Waals surface area contributed by atoms with Crippen molar-refractivity contribution in [1.29, 1.82) is 0 Å². The molecule has 17 heavy (non-hydrogen) atoms. The molecule has 0 aromatic heterocycles. The molecule has 0 saturated heterocycles. The van der Waals surface area contributed by atoms with Crippen LogP contribution in [0.3, 0.4) is 0 Å². The molecule has 2 unspecified atom stereocenters. The Kier molecular flexibility index (Phi) is 4.95. The van der Waals surface area contributed by atoms with Crippen molar-refractivity contribution in [3.05, 3.63) is 47.5 Å². The summed E-state index contributed by atoms with van der Waals surface area (Å²) in [4.78, 5) is 12.1. The Labute approximate surface area is 108 Å². The van der Waals surface area contributed by atoms with Gasteiger partial charge in [-0.05, 0) is 23.6 Å². The lowest BCUT2D eigenvalue weighted by atomic mass is 9.81. The van der Waals surface area contributed by atoms with Gasteiger partial charge in [0, 0.05) is 16.9 Å². The van der Waals surface area contributed by atoms with E-state index >= 15 is 0 Å². The number of allylic oxidation sites excluding steroid dienone is 1. The molecule has 1 aromatic carbocycles. The van der Waals surface area contributed by atoms with Crippen molar-refractivity contribution in [2.24, 2.45) is 11.8 Å². The fraction of sp³-hybridized carbons (Fsp3) is 0.400. The zero-order valence-corrected chi connectivity index (χ0v) is 11.4. The standard InChI is InChI=1S/C15H19ClO/c1-5-14(15(17)10(2)3)11(4)12-6-8-13(16)9-7-12/h5-11,14H,1H2,2-4H3. The van der Waals surface area contributed by atoms with Crippen molar-refractivity contribution in [3.63, 3.8) is 0 Å². The first kappa shape index (κ1) is 14.0. The SMILES string of the molecule is C=CC(C(=O)C(C)C)C(C)c1ccc(Cl)cc1. The number of hydrogen-bond acceptors (Lipinski definition) is 1. The second-order valence-corrected chi connectivity index (χ2v) is 5.10. The van der Waals surface area contributed by atoms with Crippen molar-refractivity contribution < 1.29 is 4.79 Å². The first-order chi connectivity index (χ1) is 7.97. The van der Waals surface area contributed by atoms with Crippen LogP contribution >= 0.6 is 11.6 Å². The summed E-state index contributed by atoms with van der Waals surface area (Å²) in [6.45, 7) is 9.68. The van der Waals surface area contributed by atoms with Crippen molar-refractivity contribution in [3.8, 4) is 0 Å². The summed E-state index contributed by atoms with van der Waals surface area (Å²) in [5, 5.41) is 0.714. The van der Waals surface area contributed by atoms with Crippen LogP contribution in [0.25, 0.3) is 0 Å². The third-order valence-corrected chi connectivity index (χ3v) is 3.34. The predicted molar refractivity (Wildman–Crippen MR) is 73.4 cm³/mol. The van der Waals surface area contributed by atoms with E-state index in [0.717, 1.165) is 5.56 Å². The smallest absolute Gasteiger partial charge is 0.142 e. The van der Waals surface area contributed by atoms with Crippen LogP contribution in [0.5, 0.6) is 0 Å². The van der Waals surface area contributed by atoms with Crippen LogP contribution < -0.4 is 0 Å². The second-order valence-electron chi connectivity index (χ2n) is 4.66. The van der Waals surface area contributed by atoms with Gasteiger partial charge in [-0.3, -0.25) is 4.79 Å². The fourth-order valence-electron chi connectivity index (χ4n) is 1.93. The van der Waals surface area contributed by atoms with Gasteiger partial charge in [-0.1, -0.05) is 50.6 Å². The highest BCUT2D eigenvalue weighted by molar-refractivity contribution is 6.30. The summed E-state index contributed by atoms with van der Waals surface area (Å²) in [7, 11) is 0. The molecule has 0 aliphatic heterocycles. The third kappa shape index (κ3) is 3.44. The first-order valence-electron chi connectivity index (χ1n) is 5.89. The van der Waals surface area contributed by atoms with Gasteiger partial charge >= 0.3 is 0 Å². The van der Waals surface area contributed by atoms with Gasteiger partial charge in [-0.2, -0.15) is 0 Å². The summed E-state index contributed by atoms with van der Waals surface area (Å²) >= 11 is 5.86. The highest BCUT2D eigenvalue weighted by Gasteiger charge is 2.25. The molecular formula is C15H19ClO. The summed E-state index contributed by atoms with van der Waals surface area (Å²) < 4.78 is 0. The highest BCUT2D eigenvalue weighted by Crippen LogP contribution is 2.28. The molecule has 1 nitrogen and oxygen atoms in total. The van der Waals surface area contributed by atoms with Crippen molar-refractivity contribution in [2.45, 2.75) is 26.7 Å². The molecule has 0 spiro atoms. The van der Waals surface area contributed by atoms with E-state index in [4.69, 9.17) is 11.6 Å². The molecule has 0 amide bonds. The van der Waals surface area contributed by atoms with Crippen LogP contribution in [-0.4, -0.2) is 5.78 Å². The highest BCUT2D eigenvalue weighted by atomic mass is 35.5. The number of halogens is 1. The number of benzene rings is 1. The lowest BCUT2D eigenvalue weighted by Crippen LogP contribution is -2.23. The number of carbonyl (C=O) groups is 1. The van der Waals surface area contributed by atoms with E-state index in [9.17, 15) is 4.79 Å². The summed E-state index contributed by atoms with van der Waals surface area (Å²) in [6.07, 6.45) is 1.75. The minimum Gasteiger partial charge on any atom is -0.299 e. The number of hydrogen-bond donors (Lipinski definition) is 0. The largest absolute Gasteiger partial charge is 0.299 e. The Balaban J connectivity index is 2.93. The summed E-state index contributed by atoms with van der Waals surface area (Å²) in [6, 6.07) is 7.65. The average Bonchev–Trinajstić information content (AvgIpc) is 2.30. The maximum atomic E-state index is 12.1. The van der Waals surface area contributed by atoms with Gasteiger partial charge in [0.25, 0.3) is 0 Å². The molecular weight excluding hydrogens is 232 g/mol. The fourth-order valence-corrected chi connectivity index (χ4v) is 2.05. The second kappa shape index (κ2) is 6.02. The molecule has 1 rings (SSSR count). The molecule has 0 fully saturated rings. The molecule has 0 aliphatic rings. The minimum absolute atomic E-state index is 0.0350. The molecule has 92 valence electrons. The van der Waals surface area contributed by atoms with Crippen LogP contribution in [0.4, 0.5) is 0 Å². The molecule has 0 heterocycles. The van der Waals surface area contributed by atoms with Crippen LogP contribution in [0.15, 0.2) is 36.9 Å². The van der Waals surface area contributed by atoms with Gasteiger partial charge < -0.3 is 0 Å². The quantitative estimate of drug-likeness (QED) is 0.705. The number of Topliss-reactive ketones (excluding diaryl/α,β-unsaturated/α-hetero) is 1. The van der Waals surface area contributed by atoms with Gasteiger partial charge in [-0.15, -0.1) is 6.58 Å². The van der Waals surface area contributed by atoms with E-state index in [1.165, 1.54) is 0 Å². The topological polar surface area (TPSA) is 17.1 Å². The van der Waals surface area contributed by atoms with Gasteiger partial charge in [0.2, 0.25) is 0 Å². The van der Waals surface area contributed by atoms with Gasteiger partial charge in [0.05, 0.1) is 0 Å². The molecule has 0 saturated carbocycles.